The highest BCUT2D eigenvalue weighted by molar-refractivity contribution is 5.92. The fraction of sp³-hybridized carbons (Fsp3) is 0.203. The van der Waals surface area contributed by atoms with Crippen LogP contribution in [-0.4, -0.2) is 0 Å². The van der Waals surface area contributed by atoms with E-state index in [0.29, 0.717) is 0 Å². The SMILES string of the molecule is C=Cc1ccc(CC2(c3ccc(C(C)(C)C)cc3)c3ccccc3-c3ccc(N(c4ccc(-c5ccccc5)cc4)c4ccc(-c5cc(CCCCCC)c(-c6ccc(N(c7ccc(-c8ccccc8)cc7)c7ccc8c(c7)C(Cc7ccc(C=C)cc7)(c7ccc(C(C)(C)C)cc7)c7ccccc7-8)cc6)cc5CCCCCC)cc4)cc32)cc1. The second-order valence-electron chi connectivity index (χ2n) is 35.6. The third-order valence-corrected chi connectivity index (χ3v) is 25.9. The predicted molar refractivity (Wildman–Crippen MR) is 515 cm³/mol. The van der Waals surface area contributed by atoms with Crippen molar-refractivity contribution in [2.45, 2.75) is 154 Å². The highest BCUT2D eigenvalue weighted by Gasteiger charge is 2.47. The Kier molecular flexibility index (Phi) is 22.9. The molecular weight excluding hydrogens is 1450 g/mol. The minimum absolute atomic E-state index is 0.00257. The van der Waals surface area contributed by atoms with Crippen molar-refractivity contribution in [1.82, 2.24) is 0 Å². The van der Waals surface area contributed by atoms with E-state index in [2.05, 4.69) is 430 Å². The van der Waals surface area contributed by atoms with E-state index in [-0.39, 0.29) is 10.8 Å². The number of hydrogen-bond donors (Lipinski definition) is 0. The molecule has 0 saturated carbocycles. The van der Waals surface area contributed by atoms with Crippen molar-refractivity contribution in [3.63, 3.8) is 0 Å². The van der Waals surface area contributed by atoms with Crippen LogP contribution in [0.1, 0.15) is 185 Å². The molecule has 0 spiro atoms. The van der Waals surface area contributed by atoms with Gasteiger partial charge in [-0.15, -0.1) is 0 Å². The molecule has 2 atom stereocenters. The van der Waals surface area contributed by atoms with Crippen molar-refractivity contribution < 1.29 is 0 Å². The first-order valence-corrected chi connectivity index (χ1v) is 43.9. The molecule has 0 bridgehead atoms. The van der Waals surface area contributed by atoms with Gasteiger partial charge >= 0.3 is 0 Å². The van der Waals surface area contributed by atoms with Crippen molar-refractivity contribution >= 4 is 46.3 Å². The lowest BCUT2D eigenvalue weighted by Crippen LogP contribution is -2.30. The summed E-state index contributed by atoms with van der Waals surface area (Å²) in [6.45, 7) is 26.8. The summed E-state index contributed by atoms with van der Waals surface area (Å²) >= 11 is 0. The van der Waals surface area contributed by atoms with Gasteiger partial charge in [-0.3, -0.25) is 0 Å². The molecule has 0 aromatic heterocycles. The number of nitrogens with zero attached hydrogens (tertiary/aromatic N) is 2. The lowest BCUT2D eigenvalue weighted by Gasteiger charge is -2.35. The van der Waals surface area contributed by atoms with Crippen LogP contribution in [0.5, 0.6) is 0 Å². The molecule has 2 nitrogen and oxygen atoms in total. The molecule has 594 valence electrons. The van der Waals surface area contributed by atoms with Crippen molar-refractivity contribution in [1.29, 1.82) is 0 Å². The van der Waals surface area contributed by atoms with Crippen LogP contribution in [0.25, 0.3) is 78.9 Å². The van der Waals surface area contributed by atoms with E-state index < -0.39 is 10.8 Å². The Balaban J connectivity index is 0.784. The van der Waals surface area contributed by atoms with Crippen LogP contribution < -0.4 is 9.80 Å². The predicted octanol–water partition coefficient (Wildman–Crippen LogP) is 32.5. The molecule has 0 fully saturated rings. The van der Waals surface area contributed by atoms with Crippen LogP contribution in [0.2, 0.25) is 0 Å². The van der Waals surface area contributed by atoms with E-state index in [0.717, 1.165) is 83.8 Å². The molecule has 0 saturated heterocycles. The normalized spacial score (nSPS) is 14.5. The fourth-order valence-corrected chi connectivity index (χ4v) is 19.3. The van der Waals surface area contributed by atoms with Gasteiger partial charge in [0, 0.05) is 34.1 Å². The summed E-state index contributed by atoms with van der Waals surface area (Å²) in [5.74, 6) is 0. The van der Waals surface area contributed by atoms with E-state index in [1.54, 1.807) is 0 Å². The Labute approximate surface area is 715 Å². The summed E-state index contributed by atoms with van der Waals surface area (Å²) in [6, 6.07) is 135. The van der Waals surface area contributed by atoms with Gasteiger partial charge in [-0.05, 0) is 267 Å². The van der Waals surface area contributed by atoms with E-state index in [1.165, 1.54) is 172 Å². The average molecular weight is 1560 g/mol. The minimum atomic E-state index is -0.501. The second kappa shape index (κ2) is 34.4. The van der Waals surface area contributed by atoms with Crippen molar-refractivity contribution in [3.8, 4) is 66.8 Å². The van der Waals surface area contributed by atoms with Crippen LogP contribution in [0, 0.1) is 0 Å². The molecule has 0 N–H and O–H groups in total. The molecule has 2 heteroatoms. The molecule has 0 heterocycles. The molecule has 0 radical (unpaired) electrons. The van der Waals surface area contributed by atoms with E-state index in [9.17, 15) is 0 Å². The van der Waals surface area contributed by atoms with Gasteiger partial charge in [-0.1, -0.05) is 398 Å². The zero-order valence-corrected chi connectivity index (χ0v) is 71.4. The van der Waals surface area contributed by atoms with Crippen molar-refractivity contribution in [2.75, 3.05) is 9.80 Å². The largest absolute Gasteiger partial charge is 0.310 e. The number of fused-ring (bicyclic) bond motifs is 6. The van der Waals surface area contributed by atoms with Crippen molar-refractivity contribution in [3.05, 3.63) is 443 Å². The maximum absolute atomic E-state index is 4.13. The summed E-state index contributed by atoms with van der Waals surface area (Å²) in [6.07, 6.45) is 16.9. The van der Waals surface area contributed by atoms with Gasteiger partial charge in [-0.2, -0.15) is 0 Å². The first-order valence-electron chi connectivity index (χ1n) is 43.9. The maximum Gasteiger partial charge on any atom is 0.0504 e. The number of hydrogen-bond acceptors (Lipinski definition) is 2. The van der Waals surface area contributed by atoms with Crippen LogP contribution >= 0.6 is 0 Å². The average Bonchev–Trinajstić information content (AvgIpc) is 1.55. The molecule has 15 aromatic rings. The van der Waals surface area contributed by atoms with Gasteiger partial charge in [0.2, 0.25) is 0 Å². The molecule has 2 aliphatic carbocycles. The number of aryl methyl sites for hydroxylation is 2. The molecule has 120 heavy (non-hydrogen) atoms. The highest BCUT2D eigenvalue weighted by Crippen LogP contribution is 2.59. The standard InChI is InChI=1S/C118H112N2/c1-11-15-17-21-35-93-77-110(92-55-71-102(72-56-92)120(100-67-51-90(52-68-100)88-33-25-20-26-34-88)104-74-76-108-106-38-28-30-40-112(106)118(114(108)80-104,82-86-47-43-84(14-4)44-48-86)98-63-59-96(60-64-98)116(8,9)10)94(36-22-18-16-12-2)78-109(93)91-53-69-101(70-54-91)119(99-65-49-89(50-66-99)87-31-23-19-24-32-87)103-73-75-107-105-37-27-29-39-111(105)117(113(107)79-103,81-85-45-41-83(13-3)42-46-85)97-61-57-95(58-62-97)115(5,6)7/h13-14,19-20,23-34,37-80H,3-4,11-12,15-18,21-22,35-36,81-82H2,1-2,5-10H3. The van der Waals surface area contributed by atoms with Crippen LogP contribution in [0.4, 0.5) is 34.1 Å². The first-order chi connectivity index (χ1) is 58.5. The Morgan fingerprint density at radius 3 is 0.908 bits per heavy atom. The van der Waals surface area contributed by atoms with Crippen molar-refractivity contribution in [2.24, 2.45) is 0 Å². The van der Waals surface area contributed by atoms with E-state index in [4.69, 9.17) is 0 Å². The van der Waals surface area contributed by atoms with E-state index in [1.807, 2.05) is 12.2 Å². The fourth-order valence-electron chi connectivity index (χ4n) is 19.3. The molecular formula is C118H112N2. The number of rotatable bonds is 28. The third-order valence-electron chi connectivity index (χ3n) is 25.9. The molecule has 0 amide bonds. The topological polar surface area (TPSA) is 6.48 Å². The summed E-state index contributed by atoms with van der Waals surface area (Å²) in [5, 5.41) is 0. The number of anilines is 6. The Morgan fingerprint density at radius 2 is 0.575 bits per heavy atom. The number of benzene rings is 15. The Hall–Kier alpha value is -12.6. The lowest BCUT2D eigenvalue weighted by atomic mass is 9.68. The zero-order chi connectivity index (χ0) is 82.5. The molecule has 2 unspecified atom stereocenters. The first kappa shape index (κ1) is 79.8. The van der Waals surface area contributed by atoms with Crippen LogP contribution in [0.15, 0.2) is 365 Å². The van der Waals surface area contributed by atoms with Gasteiger partial charge in [0.25, 0.3) is 0 Å². The van der Waals surface area contributed by atoms with E-state index >= 15 is 0 Å². The summed E-state index contributed by atoms with van der Waals surface area (Å²) in [7, 11) is 0. The Morgan fingerprint density at radius 1 is 0.267 bits per heavy atom. The van der Waals surface area contributed by atoms with Crippen LogP contribution in [-0.2, 0) is 47.3 Å². The lowest BCUT2D eigenvalue weighted by molar-refractivity contribution is 0.586. The van der Waals surface area contributed by atoms with Gasteiger partial charge in [0.05, 0.1) is 10.8 Å². The molecule has 2 aliphatic rings. The Bertz CT molecular complexity index is 5720. The molecule has 15 aromatic carbocycles. The summed E-state index contributed by atoms with van der Waals surface area (Å²) < 4.78 is 0. The van der Waals surface area contributed by atoms with Gasteiger partial charge in [-0.25, -0.2) is 0 Å². The monoisotopic (exact) mass is 1560 g/mol. The van der Waals surface area contributed by atoms with Crippen LogP contribution in [0.3, 0.4) is 0 Å². The molecule has 17 rings (SSSR count). The minimum Gasteiger partial charge on any atom is -0.310 e. The maximum atomic E-state index is 4.13. The smallest absolute Gasteiger partial charge is 0.0504 e. The third kappa shape index (κ3) is 15.8. The van der Waals surface area contributed by atoms with Gasteiger partial charge in [0.1, 0.15) is 0 Å². The second-order valence-corrected chi connectivity index (χ2v) is 35.6. The number of unbranched alkanes of at least 4 members (excludes halogenated alkanes) is 6. The van der Waals surface area contributed by atoms with Gasteiger partial charge < -0.3 is 9.80 Å². The quantitative estimate of drug-likeness (QED) is 0.0451. The molecule has 0 aliphatic heterocycles. The summed E-state index contributed by atoms with van der Waals surface area (Å²) in [5.41, 5.74) is 38.9. The van der Waals surface area contributed by atoms with Gasteiger partial charge in [0.15, 0.2) is 0 Å². The highest BCUT2D eigenvalue weighted by atomic mass is 15.1. The zero-order valence-electron chi connectivity index (χ0n) is 71.4. The summed E-state index contributed by atoms with van der Waals surface area (Å²) in [4.78, 5) is 5.00.